The molecule has 3 aliphatic rings. The van der Waals surface area contributed by atoms with Gasteiger partial charge in [0.25, 0.3) is 0 Å². The second kappa shape index (κ2) is 9.24. The molecule has 10 heteroatoms. The molecule has 0 aliphatic carbocycles. The van der Waals surface area contributed by atoms with Gasteiger partial charge >= 0.3 is 6.18 Å². The largest absolute Gasteiger partial charge is 0.493 e. The second-order valence-electron chi connectivity index (χ2n) is 10.2. The molecular formula is C27H31F3N4O3. The van der Waals surface area contributed by atoms with E-state index in [0.29, 0.717) is 48.6 Å². The summed E-state index contributed by atoms with van der Waals surface area (Å²) in [6, 6.07) is 7.60. The van der Waals surface area contributed by atoms with Crippen molar-refractivity contribution >= 4 is 17.5 Å². The first-order chi connectivity index (χ1) is 17.5. The number of rotatable bonds is 5. The van der Waals surface area contributed by atoms with E-state index in [-0.39, 0.29) is 17.2 Å². The maximum absolute atomic E-state index is 13.6. The molecular weight excluding hydrogens is 485 g/mol. The Hall–Kier alpha value is -3.27. The van der Waals surface area contributed by atoms with E-state index in [1.165, 1.54) is 13.0 Å². The van der Waals surface area contributed by atoms with E-state index in [1.807, 2.05) is 19.1 Å². The fourth-order valence-electron chi connectivity index (χ4n) is 5.14. The first-order valence-corrected chi connectivity index (χ1v) is 12.3. The summed E-state index contributed by atoms with van der Waals surface area (Å²) in [5, 5.41) is 3.36. The van der Waals surface area contributed by atoms with E-state index < -0.39 is 17.8 Å². The van der Waals surface area contributed by atoms with Crippen LogP contribution in [-0.4, -0.2) is 50.3 Å². The van der Waals surface area contributed by atoms with E-state index >= 15 is 0 Å². The van der Waals surface area contributed by atoms with Crippen molar-refractivity contribution in [3.05, 3.63) is 52.6 Å². The Kier molecular flexibility index (Phi) is 6.34. The third-order valence-corrected chi connectivity index (χ3v) is 7.08. The summed E-state index contributed by atoms with van der Waals surface area (Å²) >= 11 is 0. The summed E-state index contributed by atoms with van der Waals surface area (Å²) in [6.45, 7) is 9.20. The Bertz CT molecular complexity index is 1270. The van der Waals surface area contributed by atoms with Gasteiger partial charge in [-0.1, -0.05) is 12.1 Å². The molecule has 3 heterocycles. The minimum atomic E-state index is -4.42. The van der Waals surface area contributed by atoms with E-state index in [2.05, 4.69) is 29.1 Å². The Labute approximate surface area is 214 Å². The zero-order valence-corrected chi connectivity index (χ0v) is 21.6. The van der Waals surface area contributed by atoms with Crippen molar-refractivity contribution in [3.63, 3.8) is 0 Å². The van der Waals surface area contributed by atoms with Gasteiger partial charge in [-0.15, -0.1) is 0 Å². The van der Waals surface area contributed by atoms with Crippen molar-refractivity contribution in [3.8, 4) is 11.5 Å². The van der Waals surface area contributed by atoms with E-state index in [1.54, 1.807) is 13.2 Å². The van der Waals surface area contributed by atoms with Crippen molar-refractivity contribution in [2.24, 2.45) is 9.98 Å². The van der Waals surface area contributed by atoms with Crippen LogP contribution >= 0.6 is 0 Å². The fraction of sp³-hybridized carbons (Fsp3) is 0.481. The van der Waals surface area contributed by atoms with Crippen molar-refractivity contribution in [2.75, 3.05) is 31.8 Å². The van der Waals surface area contributed by atoms with E-state index in [0.717, 1.165) is 23.7 Å². The molecule has 1 N–H and O–H groups in total. The molecule has 0 saturated carbocycles. The number of fused-ring (bicyclic) bond motifs is 3. The van der Waals surface area contributed by atoms with Gasteiger partial charge in [0.1, 0.15) is 11.9 Å². The zero-order valence-electron chi connectivity index (χ0n) is 21.6. The molecule has 1 fully saturated rings. The zero-order chi connectivity index (χ0) is 26.5. The van der Waals surface area contributed by atoms with Gasteiger partial charge in [0, 0.05) is 18.1 Å². The number of hydrogen-bond donors (Lipinski definition) is 1. The molecule has 5 rings (SSSR count). The molecule has 2 aromatic rings. The van der Waals surface area contributed by atoms with Crippen LogP contribution in [0.1, 0.15) is 55.5 Å². The maximum atomic E-state index is 13.6. The molecule has 3 aliphatic heterocycles. The molecule has 0 spiro atoms. The van der Waals surface area contributed by atoms with Crippen LogP contribution in [0.25, 0.3) is 0 Å². The second-order valence-corrected chi connectivity index (χ2v) is 10.2. The maximum Gasteiger partial charge on any atom is 0.416 e. The van der Waals surface area contributed by atoms with Crippen molar-refractivity contribution in [1.82, 2.24) is 5.32 Å². The predicted molar refractivity (Wildman–Crippen MR) is 136 cm³/mol. The molecule has 37 heavy (non-hydrogen) atoms. The highest BCUT2D eigenvalue weighted by Gasteiger charge is 2.41. The summed E-state index contributed by atoms with van der Waals surface area (Å²) in [6.07, 6.45) is -3.73. The number of halogens is 3. The number of nitrogens with zero attached hydrogens (tertiary/aromatic N) is 3. The Balaban J connectivity index is 1.56. The van der Waals surface area contributed by atoms with Gasteiger partial charge in [0.2, 0.25) is 5.96 Å². The summed E-state index contributed by atoms with van der Waals surface area (Å²) in [4.78, 5) is 11.5. The number of aliphatic imine (C=N–C) groups is 2. The van der Waals surface area contributed by atoms with Crippen molar-refractivity contribution in [2.45, 2.75) is 58.0 Å². The lowest BCUT2D eigenvalue weighted by Crippen LogP contribution is -2.48. The molecule has 7 nitrogen and oxygen atoms in total. The van der Waals surface area contributed by atoms with Gasteiger partial charge in [0.05, 0.1) is 49.7 Å². The molecule has 198 valence electrons. The average molecular weight is 517 g/mol. The van der Waals surface area contributed by atoms with Crippen molar-refractivity contribution < 1.29 is 27.4 Å². The molecule has 1 saturated heterocycles. The lowest BCUT2D eigenvalue weighted by Gasteiger charge is -2.37. The summed E-state index contributed by atoms with van der Waals surface area (Å²) in [5.41, 5.74) is 1.39. The molecule has 0 radical (unpaired) electrons. The highest BCUT2D eigenvalue weighted by atomic mass is 19.4. The number of methoxy groups -OCH3 is 1. The molecule has 0 bridgehead atoms. The lowest BCUT2D eigenvalue weighted by atomic mass is 9.96. The lowest BCUT2D eigenvalue weighted by molar-refractivity contribution is -0.138. The number of benzene rings is 2. The highest BCUT2D eigenvalue weighted by Crippen LogP contribution is 2.43. The van der Waals surface area contributed by atoms with E-state index in [4.69, 9.17) is 19.2 Å². The molecule has 0 aromatic heterocycles. The quantitative estimate of drug-likeness (QED) is 0.588. The number of anilines is 1. The Morgan fingerprint density at radius 2 is 2.00 bits per heavy atom. The number of ether oxygens (including phenoxy) is 3. The van der Waals surface area contributed by atoms with Crippen LogP contribution in [0, 0.1) is 6.92 Å². The Morgan fingerprint density at radius 3 is 2.68 bits per heavy atom. The minimum absolute atomic E-state index is 0.0871. The van der Waals surface area contributed by atoms with Crippen LogP contribution in [0.15, 0.2) is 40.3 Å². The average Bonchev–Trinajstić information content (AvgIpc) is 3.45. The number of guanidine groups is 1. The molecule has 0 amide bonds. The third kappa shape index (κ3) is 4.63. The predicted octanol–water partition coefficient (Wildman–Crippen LogP) is 5.26. The molecule has 0 unspecified atom stereocenters. The summed E-state index contributed by atoms with van der Waals surface area (Å²) < 4.78 is 58.0. The van der Waals surface area contributed by atoms with Crippen LogP contribution in [0.2, 0.25) is 0 Å². The van der Waals surface area contributed by atoms with Gasteiger partial charge < -0.3 is 24.4 Å². The highest BCUT2D eigenvalue weighted by molar-refractivity contribution is 6.19. The first-order valence-electron chi connectivity index (χ1n) is 12.3. The van der Waals surface area contributed by atoms with Crippen molar-refractivity contribution in [1.29, 1.82) is 0 Å². The Morgan fingerprint density at radius 1 is 1.22 bits per heavy atom. The van der Waals surface area contributed by atoms with Gasteiger partial charge in [-0.3, -0.25) is 0 Å². The number of nitrogens with one attached hydrogen (secondary N) is 1. The van der Waals surface area contributed by atoms with Gasteiger partial charge in [-0.25, -0.2) is 4.99 Å². The van der Waals surface area contributed by atoms with Crippen LogP contribution in [0.4, 0.5) is 18.9 Å². The van der Waals surface area contributed by atoms with Crippen LogP contribution < -0.4 is 19.7 Å². The van der Waals surface area contributed by atoms with Crippen LogP contribution in [0.5, 0.6) is 11.5 Å². The van der Waals surface area contributed by atoms with Gasteiger partial charge in [0.15, 0.2) is 11.5 Å². The van der Waals surface area contributed by atoms with Gasteiger partial charge in [-0.2, -0.15) is 18.2 Å². The number of alkyl halides is 3. The normalized spacial score (nSPS) is 21.1. The topological polar surface area (TPSA) is 67.7 Å². The van der Waals surface area contributed by atoms with Crippen LogP contribution in [-0.2, 0) is 10.9 Å². The molecule has 2 aromatic carbocycles. The van der Waals surface area contributed by atoms with Gasteiger partial charge in [-0.05, 0) is 51.0 Å². The molecule has 2 atom stereocenters. The standard InChI is InChI=1S/C27H31F3N4O3/c1-15-18(7-6-8-20(15)27(28,29)30)16(2)32-24-19-11-23(37-17-9-10-36-13-17)22(35-5)12-21(19)34-25(33-24)31-14-26(34,3)4/h6-8,11-12,16-17H,9-10,13-14H2,1-5H3,(H,31,32,33)/t16-,17+/m1/s1. The van der Waals surface area contributed by atoms with E-state index in [9.17, 15) is 13.2 Å². The number of amidine groups is 1. The number of hydrogen-bond acceptors (Lipinski definition) is 7. The first kappa shape index (κ1) is 25.4. The minimum Gasteiger partial charge on any atom is -0.493 e. The monoisotopic (exact) mass is 516 g/mol. The third-order valence-electron chi connectivity index (χ3n) is 7.08. The smallest absolute Gasteiger partial charge is 0.416 e. The van der Waals surface area contributed by atoms with Crippen LogP contribution in [0.3, 0.4) is 0 Å². The fourth-order valence-corrected chi connectivity index (χ4v) is 5.14. The summed E-state index contributed by atoms with van der Waals surface area (Å²) in [5.74, 6) is 2.21. The summed E-state index contributed by atoms with van der Waals surface area (Å²) in [7, 11) is 1.60. The SMILES string of the molecule is COc1cc2c(cc1O[C@H]1CCOC1)C(N[C@H](C)c1cccc(C(F)(F)F)c1C)=NC1=NCC(C)(C)N12.